The minimum absolute atomic E-state index is 0. The molecule has 0 aromatic heterocycles. The molecule has 0 rings (SSSR count). The van der Waals surface area contributed by atoms with Gasteiger partial charge in [-0.05, 0) is 25.7 Å². The molecule has 0 amide bonds. The molecule has 0 saturated heterocycles. The van der Waals surface area contributed by atoms with Gasteiger partial charge >= 0.3 is 10.4 Å². The molecule has 0 aliphatic heterocycles. The molecule has 208 valence electrons. The summed E-state index contributed by atoms with van der Waals surface area (Å²) in [5.74, 6) is 0. The summed E-state index contributed by atoms with van der Waals surface area (Å²) in [6.07, 6.45) is 25.2. The third-order valence-electron chi connectivity index (χ3n) is 7.18. The number of hydrogen-bond acceptors (Lipinski definition) is 3. The minimum Gasteiger partial charge on any atom is -1.00 e. The van der Waals surface area contributed by atoms with Crippen LogP contribution in [0.3, 0.4) is 0 Å². The normalized spacial score (nSPS) is 13.1. The smallest absolute Gasteiger partial charge is 0.402 e. The molecule has 0 aromatic carbocycles. The van der Waals surface area contributed by atoms with Gasteiger partial charge in [-0.2, -0.15) is 12.6 Å². The molecule has 0 fully saturated rings. The topological polar surface area (TPSA) is 63.6 Å². The van der Waals surface area contributed by atoms with Crippen LogP contribution in [0.4, 0.5) is 0 Å². The monoisotopic (exact) mass is 571 g/mol. The quantitative estimate of drug-likeness (QED) is 0.0685. The van der Waals surface area contributed by atoms with Crippen LogP contribution in [0, 0.1) is 0 Å². The van der Waals surface area contributed by atoms with Gasteiger partial charge in [0, 0.05) is 6.92 Å². The van der Waals surface area contributed by atoms with Crippen LogP contribution in [-0.4, -0.2) is 43.8 Å². The second-order valence-corrected chi connectivity index (χ2v) is 11.5. The fourth-order valence-electron chi connectivity index (χ4n) is 4.68. The SMILES string of the molecule is CCCCCCCCCCCC[N+](C)(CCCCCCCCCCCC)C(C)OS(=O)(=O)O.[Br-]. The molecule has 34 heavy (non-hydrogen) atoms. The molecule has 0 radical (unpaired) electrons. The van der Waals surface area contributed by atoms with E-state index < -0.39 is 16.6 Å². The van der Waals surface area contributed by atoms with Crippen LogP contribution in [0.5, 0.6) is 0 Å². The van der Waals surface area contributed by atoms with E-state index in [1.54, 1.807) is 6.92 Å². The van der Waals surface area contributed by atoms with Crippen LogP contribution in [-0.2, 0) is 14.6 Å². The zero-order chi connectivity index (χ0) is 24.8. The predicted octanol–water partition coefficient (Wildman–Crippen LogP) is 5.44. The van der Waals surface area contributed by atoms with Crippen molar-refractivity contribution in [1.82, 2.24) is 0 Å². The van der Waals surface area contributed by atoms with Gasteiger partial charge in [-0.25, -0.2) is 0 Å². The predicted molar refractivity (Wildman–Crippen MR) is 142 cm³/mol. The summed E-state index contributed by atoms with van der Waals surface area (Å²) in [4.78, 5) is 0. The Hall–Kier alpha value is 0.310. The lowest BCUT2D eigenvalue weighted by Gasteiger charge is -2.38. The van der Waals surface area contributed by atoms with Crippen molar-refractivity contribution in [2.45, 2.75) is 155 Å². The number of unbranched alkanes of at least 4 members (excludes halogenated alkanes) is 18. The Morgan fingerprint density at radius 2 is 0.882 bits per heavy atom. The van der Waals surface area contributed by atoms with E-state index in [-0.39, 0.29) is 17.0 Å². The summed E-state index contributed by atoms with van der Waals surface area (Å²) < 4.78 is 37.3. The maximum absolute atomic E-state index is 11.3. The summed E-state index contributed by atoms with van der Waals surface area (Å²) in [6.45, 7) is 8.07. The average molecular weight is 573 g/mol. The maximum Gasteiger partial charge on any atom is 0.402 e. The summed E-state index contributed by atoms with van der Waals surface area (Å²) in [5, 5.41) is 0. The molecule has 0 spiro atoms. The van der Waals surface area contributed by atoms with E-state index in [0.29, 0.717) is 4.48 Å². The van der Waals surface area contributed by atoms with Gasteiger partial charge in [0.25, 0.3) is 0 Å². The molecule has 0 bridgehead atoms. The molecule has 5 nitrogen and oxygen atoms in total. The highest BCUT2D eigenvalue weighted by molar-refractivity contribution is 7.80. The van der Waals surface area contributed by atoms with Crippen molar-refractivity contribution in [3.05, 3.63) is 0 Å². The lowest BCUT2D eigenvalue weighted by molar-refractivity contribution is -0.949. The highest BCUT2D eigenvalue weighted by atomic mass is 79.9. The Labute approximate surface area is 224 Å². The third-order valence-corrected chi connectivity index (χ3v) is 7.71. The van der Waals surface area contributed by atoms with E-state index in [2.05, 4.69) is 20.9 Å². The molecule has 0 saturated carbocycles. The van der Waals surface area contributed by atoms with Crippen molar-refractivity contribution in [1.29, 1.82) is 0 Å². The van der Waals surface area contributed by atoms with E-state index in [4.69, 9.17) is 4.18 Å². The lowest BCUT2D eigenvalue weighted by Crippen LogP contribution is -3.00. The van der Waals surface area contributed by atoms with Crippen molar-refractivity contribution in [3.63, 3.8) is 0 Å². The number of nitrogens with zero attached hydrogens (tertiary/aromatic N) is 1. The van der Waals surface area contributed by atoms with E-state index in [1.165, 1.54) is 116 Å². The maximum atomic E-state index is 11.3. The van der Waals surface area contributed by atoms with Gasteiger partial charge in [0.1, 0.15) is 0 Å². The summed E-state index contributed by atoms with van der Waals surface area (Å²) in [7, 11) is -2.35. The van der Waals surface area contributed by atoms with Gasteiger partial charge in [-0.15, -0.1) is 0 Å². The molecule has 0 heterocycles. The molecule has 0 aliphatic carbocycles. The fraction of sp³-hybridized carbons (Fsp3) is 1.00. The van der Waals surface area contributed by atoms with Crippen molar-refractivity contribution >= 4 is 10.4 Å². The first kappa shape index (κ1) is 36.5. The van der Waals surface area contributed by atoms with Gasteiger partial charge in [-0.3, -0.25) is 4.55 Å². The van der Waals surface area contributed by atoms with Crippen LogP contribution >= 0.6 is 0 Å². The molecule has 7 heteroatoms. The Morgan fingerprint density at radius 1 is 0.618 bits per heavy atom. The van der Waals surface area contributed by atoms with E-state index in [1.807, 2.05) is 0 Å². The first-order valence-electron chi connectivity index (χ1n) is 14.2. The Bertz CT molecular complexity index is 507. The lowest BCUT2D eigenvalue weighted by atomic mass is 10.1. The highest BCUT2D eigenvalue weighted by Crippen LogP contribution is 2.20. The second-order valence-electron chi connectivity index (χ2n) is 10.4. The highest BCUT2D eigenvalue weighted by Gasteiger charge is 2.32. The van der Waals surface area contributed by atoms with E-state index >= 15 is 0 Å². The third kappa shape index (κ3) is 22.8. The number of quaternary nitrogens is 1. The summed E-state index contributed by atoms with van der Waals surface area (Å²) in [5.41, 5.74) is 0. The largest absolute Gasteiger partial charge is 1.00 e. The molecule has 1 N–H and O–H groups in total. The first-order valence-corrected chi connectivity index (χ1v) is 15.6. The second kappa shape index (κ2) is 23.7. The van der Waals surface area contributed by atoms with Crippen LogP contribution in [0.1, 0.15) is 149 Å². The molecular formula is C27H58BrNO4S. The molecule has 1 atom stereocenters. The van der Waals surface area contributed by atoms with Crippen LogP contribution in [0.15, 0.2) is 0 Å². The van der Waals surface area contributed by atoms with Crippen molar-refractivity contribution in [2.24, 2.45) is 0 Å². The number of rotatable bonds is 25. The van der Waals surface area contributed by atoms with Crippen LogP contribution in [0.2, 0.25) is 0 Å². The number of hydrogen-bond donors (Lipinski definition) is 1. The van der Waals surface area contributed by atoms with Crippen molar-refractivity contribution in [2.75, 3.05) is 20.1 Å². The molecule has 1 unspecified atom stereocenters. The van der Waals surface area contributed by atoms with Gasteiger partial charge < -0.3 is 21.5 Å². The molecule has 0 aromatic rings. The van der Waals surface area contributed by atoms with Crippen molar-refractivity contribution in [3.8, 4) is 0 Å². The average Bonchev–Trinajstić information content (AvgIpc) is 2.75. The zero-order valence-corrected chi connectivity index (χ0v) is 25.4. The Balaban J connectivity index is 0. The molecular weight excluding hydrogens is 514 g/mol. The Morgan fingerprint density at radius 3 is 1.15 bits per heavy atom. The van der Waals surface area contributed by atoms with E-state index in [9.17, 15) is 13.0 Å². The van der Waals surface area contributed by atoms with Gasteiger partial charge in [0.2, 0.25) is 6.23 Å². The first-order chi connectivity index (χ1) is 15.7. The van der Waals surface area contributed by atoms with Crippen LogP contribution < -0.4 is 17.0 Å². The Kier molecular flexibility index (Phi) is 25.4. The molecule has 0 aliphatic rings. The minimum atomic E-state index is -4.43. The van der Waals surface area contributed by atoms with Gasteiger partial charge in [0.15, 0.2) is 0 Å². The van der Waals surface area contributed by atoms with E-state index in [0.717, 1.165) is 25.9 Å². The standard InChI is InChI=1S/C27H57NO4S.BrH/c1-5-7-9-11-13-15-17-19-21-23-25-28(4,27(3)32-33(29,30)31)26-24-22-20-18-16-14-12-10-8-6-2;/h27H,5-26H2,1-4H3;1H. The van der Waals surface area contributed by atoms with Gasteiger partial charge in [0.05, 0.1) is 20.1 Å². The summed E-state index contributed by atoms with van der Waals surface area (Å²) >= 11 is 0. The zero-order valence-electron chi connectivity index (χ0n) is 23.0. The fourth-order valence-corrected chi connectivity index (χ4v) is 5.24. The van der Waals surface area contributed by atoms with Crippen LogP contribution in [0.25, 0.3) is 0 Å². The van der Waals surface area contributed by atoms with Gasteiger partial charge in [-0.1, -0.05) is 117 Å². The number of halogens is 1. The summed E-state index contributed by atoms with van der Waals surface area (Å²) in [6, 6.07) is 0. The van der Waals surface area contributed by atoms with Crippen molar-refractivity contribution < 1.29 is 38.6 Å².